The van der Waals surface area contributed by atoms with E-state index in [1.807, 2.05) is 0 Å². The second-order valence-corrected chi connectivity index (χ2v) is 4.58. The Balaban J connectivity index is 2.19. The lowest BCUT2D eigenvalue weighted by molar-refractivity contribution is 1.29. The van der Waals surface area contributed by atoms with Crippen molar-refractivity contribution in [3.05, 3.63) is 58.7 Å². The zero-order valence-corrected chi connectivity index (χ0v) is 9.03. The van der Waals surface area contributed by atoms with Gasteiger partial charge in [0.15, 0.2) is 0 Å². The highest BCUT2D eigenvalue weighted by Gasteiger charge is 2.15. The van der Waals surface area contributed by atoms with E-state index in [1.165, 1.54) is 33.0 Å². The van der Waals surface area contributed by atoms with Gasteiger partial charge < -0.3 is 0 Å². The van der Waals surface area contributed by atoms with Crippen LogP contribution in [0.15, 0.2) is 36.4 Å². The Morgan fingerprint density at radius 3 is 1.81 bits per heavy atom. The lowest BCUT2D eigenvalue weighted by Crippen LogP contribution is -1.91. The quantitative estimate of drug-likeness (QED) is 0.609. The summed E-state index contributed by atoms with van der Waals surface area (Å²) in [4.78, 5) is 0. The maximum Gasteiger partial charge on any atom is -0.00819 e. The Hall–Kier alpha value is -1.82. The zero-order valence-electron chi connectivity index (χ0n) is 9.03. The minimum absolute atomic E-state index is 1.10. The number of hydrogen-bond acceptors (Lipinski definition) is 0. The van der Waals surface area contributed by atoms with Crippen molar-refractivity contribution in [3.63, 3.8) is 0 Å². The van der Waals surface area contributed by atoms with E-state index in [9.17, 15) is 0 Å². The van der Waals surface area contributed by atoms with Gasteiger partial charge in [-0.15, -0.1) is 0 Å². The number of hydrogen-bond donors (Lipinski definition) is 0. The SMILES string of the molecule is C1=Cc2ccc3ccc4c(c3c2C1)CC=C4. The van der Waals surface area contributed by atoms with Crippen LogP contribution in [0.5, 0.6) is 0 Å². The van der Waals surface area contributed by atoms with Crippen LogP contribution in [-0.4, -0.2) is 0 Å². The summed E-state index contributed by atoms with van der Waals surface area (Å²) in [6, 6.07) is 9.00. The Bertz CT molecular complexity index is 603. The third-order valence-corrected chi connectivity index (χ3v) is 3.71. The maximum atomic E-state index is 2.27. The highest BCUT2D eigenvalue weighted by Crippen LogP contribution is 2.35. The lowest BCUT2D eigenvalue weighted by atomic mass is 9.94. The van der Waals surface area contributed by atoms with E-state index in [0.717, 1.165) is 12.8 Å². The molecular formula is C16H12. The first-order chi connectivity index (χ1) is 7.93. The Morgan fingerprint density at radius 1 is 0.688 bits per heavy atom. The molecule has 0 unspecified atom stereocenters. The number of fused-ring (bicyclic) bond motifs is 5. The van der Waals surface area contributed by atoms with Crippen LogP contribution in [0.2, 0.25) is 0 Å². The summed E-state index contributed by atoms with van der Waals surface area (Å²) in [6.07, 6.45) is 11.2. The van der Waals surface area contributed by atoms with E-state index in [1.54, 1.807) is 0 Å². The van der Waals surface area contributed by atoms with Gasteiger partial charge in [-0.3, -0.25) is 0 Å². The average Bonchev–Trinajstić information content (AvgIpc) is 2.96. The first kappa shape index (κ1) is 8.35. The van der Waals surface area contributed by atoms with Gasteiger partial charge in [0, 0.05) is 0 Å². The summed E-state index contributed by atoms with van der Waals surface area (Å²) in [7, 11) is 0. The summed E-state index contributed by atoms with van der Waals surface area (Å²) in [5, 5.41) is 2.90. The van der Waals surface area contributed by atoms with Crippen LogP contribution in [0, 0.1) is 0 Å². The van der Waals surface area contributed by atoms with E-state index in [4.69, 9.17) is 0 Å². The van der Waals surface area contributed by atoms with Gasteiger partial charge >= 0.3 is 0 Å². The lowest BCUT2D eigenvalue weighted by Gasteiger charge is -2.10. The molecule has 0 fully saturated rings. The van der Waals surface area contributed by atoms with Gasteiger partial charge in [-0.05, 0) is 45.9 Å². The predicted octanol–water partition coefficient (Wildman–Crippen LogP) is 3.98. The van der Waals surface area contributed by atoms with Crippen LogP contribution in [0.25, 0.3) is 22.9 Å². The molecule has 16 heavy (non-hydrogen) atoms. The van der Waals surface area contributed by atoms with E-state index in [-0.39, 0.29) is 0 Å². The third kappa shape index (κ3) is 0.943. The molecule has 4 rings (SSSR count). The number of rotatable bonds is 0. The van der Waals surface area contributed by atoms with Crippen LogP contribution in [0.1, 0.15) is 22.3 Å². The molecule has 0 spiro atoms. The van der Waals surface area contributed by atoms with Crippen molar-refractivity contribution in [1.82, 2.24) is 0 Å². The largest absolute Gasteiger partial charge is 0.0795 e. The third-order valence-electron chi connectivity index (χ3n) is 3.71. The van der Waals surface area contributed by atoms with E-state index in [2.05, 4.69) is 48.6 Å². The molecule has 0 nitrogen and oxygen atoms in total. The molecule has 0 amide bonds. The fourth-order valence-electron chi connectivity index (χ4n) is 2.96. The highest BCUT2D eigenvalue weighted by molar-refractivity contribution is 5.96. The first-order valence-corrected chi connectivity index (χ1v) is 5.84. The molecule has 0 bridgehead atoms. The van der Waals surface area contributed by atoms with Crippen LogP contribution < -0.4 is 0 Å². The van der Waals surface area contributed by atoms with Crippen LogP contribution >= 0.6 is 0 Å². The second-order valence-electron chi connectivity index (χ2n) is 4.58. The standard InChI is InChI=1S/C16H12/c1-3-11-7-9-13-10-8-12-4-2-6-15(12)16(13)14(11)5-1/h1-4,7-10H,5-6H2. The van der Waals surface area contributed by atoms with Gasteiger partial charge in [0.25, 0.3) is 0 Å². The fourth-order valence-corrected chi connectivity index (χ4v) is 2.96. The minimum Gasteiger partial charge on any atom is -0.0795 e. The van der Waals surface area contributed by atoms with E-state index >= 15 is 0 Å². The molecule has 0 saturated carbocycles. The Labute approximate surface area is 94.9 Å². The minimum atomic E-state index is 1.10. The van der Waals surface area contributed by atoms with Crippen molar-refractivity contribution < 1.29 is 0 Å². The van der Waals surface area contributed by atoms with Gasteiger partial charge in [-0.25, -0.2) is 0 Å². The zero-order chi connectivity index (χ0) is 10.5. The fraction of sp³-hybridized carbons (Fsp3) is 0.125. The molecule has 0 aromatic heterocycles. The summed E-state index contributed by atoms with van der Waals surface area (Å²) >= 11 is 0. The predicted molar refractivity (Wildman–Crippen MR) is 69.4 cm³/mol. The summed E-state index contributed by atoms with van der Waals surface area (Å²) in [5.41, 5.74) is 5.87. The Morgan fingerprint density at radius 2 is 1.25 bits per heavy atom. The van der Waals surface area contributed by atoms with Gasteiger partial charge in [0.05, 0.1) is 0 Å². The molecule has 0 heterocycles. The van der Waals surface area contributed by atoms with Crippen LogP contribution in [0.3, 0.4) is 0 Å². The molecular weight excluding hydrogens is 192 g/mol. The van der Waals surface area contributed by atoms with Gasteiger partial charge in [-0.2, -0.15) is 0 Å². The molecule has 2 aromatic rings. The molecule has 76 valence electrons. The molecule has 0 saturated heterocycles. The molecule has 0 atom stereocenters. The monoisotopic (exact) mass is 204 g/mol. The topological polar surface area (TPSA) is 0 Å². The van der Waals surface area contributed by atoms with E-state index < -0.39 is 0 Å². The summed E-state index contributed by atoms with van der Waals surface area (Å²) in [5.74, 6) is 0. The van der Waals surface area contributed by atoms with Gasteiger partial charge in [0.2, 0.25) is 0 Å². The van der Waals surface area contributed by atoms with Crippen LogP contribution in [-0.2, 0) is 12.8 Å². The first-order valence-electron chi connectivity index (χ1n) is 5.84. The van der Waals surface area contributed by atoms with Crippen molar-refractivity contribution in [1.29, 1.82) is 0 Å². The Kier molecular flexibility index (Phi) is 1.49. The molecule has 0 radical (unpaired) electrons. The molecule has 2 aromatic carbocycles. The van der Waals surface area contributed by atoms with Crippen molar-refractivity contribution in [2.75, 3.05) is 0 Å². The maximum absolute atomic E-state index is 2.27. The van der Waals surface area contributed by atoms with Crippen molar-refractivity contribution in [2.24, 2.45) is 0 Å². The second kappa shape index (κ2) is 2.85. The molecule has 2 aliphatic rings. The number of allylic oxidation sites excluding steroid dienone is 2. The van der Waals surface area contributed by atoms with E-state index in [0.29, 0.717) is 0 Å². The van der Waals surface area contributed by atoms with Crippen molar-refractivity contribution >= 4 is 22.9 Å². The van der Waals surface area contributed by atoms with Crippen LogP contribution in [0.4, 0.5) is 0 Å². The van der Waals surface area contributed by atoms with Gasteiger partial charge in [0.1, 0.15) is 0 Å². The normalized spacial score (nSPS) is 15.8. The smallest absolute Gasteiger partial charge is 0.00819 e. The number of benzene rings is 2. The summed E-state index contributed by atoms with van der Waals surface area (Å²) in [6.45, 7) is 0. The van der Waals surface area contributed by atoms with Gasteiger partial charge in [-0.1, -0.05) is 48.6 Å². The average molecular weight is 204 g/mol. The summed E-state index contributed by atoms with van der Waals surface area (Å²) < 4.78 is 0. The van der Waals surface area contributed by atoms with Crippen molar-refractivity contribution in [2.45, 2.75) is 12.8 Å². The molecule has 0 N–H and O–H groups in total. The highest BCUT2D eigenvalue weighted by atomic mass is 14.2. The molecule has 0 aliphatic heterocycles. The molecule has 0 heteroatoms. The van der Waals surface area contributed by atoms with Crippen molar-refractivity contribution in [3.8, 4) is 0 Å². The molecule has 2 aliphatic carbocycles.